The van der Waals surface area contributed by atoms with Gasteiger partial charge in [-0.2, -0.15) is 0 Å². The molecule has 5 heteroatoms. The van der Waals surface area contributed by atoms with E-state index >= 15 is 0 Å². The molecule has 2 amide bonds. The Labute approximate surface area is 171 Å². The largest absolute Gasteiger partial charge is 0.366 e. The summed E-state index contributed by atoms with van der Waals surface area (Å²) >= 11 is 0. The number of nitrogens with two attached hydrogens (primary N) is 1. The van der Waals surface area contributed by atoms with Crippen LogP contribution in [0.5, 0.6) is 0 Å². The standard InChI is InChI=1S/C24H27N3O2/c25-23(28)18-7-4-16(5-8-18)12-17-6-9-22-19(13-17)14-27(24(22)29)21-10-11-26(15-21)20-2-1-3-20/h4-9,13,20-21H,1-3,10-12,14-15H2,(H2,25,28). The van der Waals surface area contributed by atoms with Gasteiger partial charge in [0.25, 0.3) is 5.91 Å². The summed E-state index contributed by atoms with van der Waals surface area (Å²) in [7, 11) is 0. The van der Waals surface area contributed by atoms with Gasteiger partial charge in [-0.1, -0.05) is 30.7 Å². The van der Waals surface area contributed by atoms with Crippen LogP contribution >= 0.6 is 0 Å². The van der Waals surface area contributed by atoms with Crippen molar-refractivity contribution in [3.8, 4) is 0 Å². The van der Waals surface area contributed by atoms with E-state index in [-0.39, 0.29) is 5.91 Å². The van der Waals surface area contributed by atoms with E-state index in [1.54, 1.807) is 12.1 Å². The lowest BCUT2D eigenvalue weighted by Gasteiger charge is -2.35. The Balaban J connectivity index is 1.27. The minimum atomic E-state index is -0.407. The summed E-state index contributed by atoms with van der Waals surface area (Å²) < 4.78 is 0. The fourth-order valence-electron chi connectivity index (χ4n) is 4.93. The first-order valence-electron chi connectivity index (χ1n) is 10.6. The van der Waals surface area contributed by atoms with Crippen LogP contribution in [-0.2, 0) is 13.0 Å². The number of likely N-dealkylation sites (tertiary alicyclic amines) is 1. The van der Waals surface area contributed by atoms with Crippen molar-refractivity contribution < 1.29 is 9.59 Å². The smallest absolute Gasteiger partial charge is 0.254 e. The molecule has 0 radical (unpaired) electrons. The molecule has 1 saturated heterocycles. The molecule has 29 heavy (non-hydrogen) atoms. The Morgan fingerprint density at radius 1 is 1.00 bits per heavy atom. The summed E-state index contributed by atoms with van der Waals surface area (Å²) in [5.74, 6) is -0.215. The first-order chi connectivity index (χ1) is 14.1. The molecule has 1 saturated carbocycles. The van der Waals surface area contributed by atoms with Gasteiger partial charge >= 0.3 is 0 Å². The minimum Gasteiger partial charge on any atom is -0.366 e. The van der Waals surface area contributed by atoms with Gasteiger partial charge in [0.05, 0.1) is 0 Å². The van der Waals surface area contributed by atoms with Crippen molar-refractivity contribution >= 4 is 11.8 Å². The molecule has 5 rings (SSSR count). The molecular formula is C24H27N3O2. The lowest BCUT2D eigenvalue weighted by molar-refractivity contribution is 0.0689. The van der Waals surface area contributed by atoms with E-state index in [2.05, 4.69) is 21.9 Å². The van der Waals surface area contributed by atoms with Gasteiger partial charge in [0.2, 0.25) is 5.91 Å². The Bertz CT molecular complexity index is 949. The predicted molar refractivity (Wildman–Crippen MR) is 112 cm³/mol. The SMILES string of the molecule is NC(=O)c1ccc(Cc2ccc3c(c2)CN(C2CCN(C4CCC4)C2)C3=O)cc1. The van der Waals surface area contributed by atoms with Gasteiger partial charge in [0, 0.05) is 42.8 Å². The first kappa shape index (κ1) is 18.4. The maximum absolute atomic E-state index is 13.0. The van der Waals surface area contributed by atoms with E-state index in [4.69, 9.17) is 5.73 Å². The van der Waals surface area contributed by atoms with Crippen molar-refractivity contribution in [2.45, 2.75) is 50.7 Å². The van der Waals surface area contributed by atoms with E-state index in [0.717, 1.165) is 55.2 Å². The quantitative estimate of drug-likeness (QED) is 0.855. The van der Waals surface area contributed by atoms with Gasteiger partial charge < -0.3 is 10.6 Å². The Morgan fingerprint density at radius 3 is 2.45 bits per heavy atom. The number of carbonyl (C=O) groups is 2. The molecule has 2 aliphatic heterocycles. The number of primary amides is 1. The second kappa shape index (κ2) is 7.30. The molecule has 2 aromatic carbocycles. The summed E-state index contributed by atoms with van der Waals surface area (Å²) in [5, 5.41) is 0. The second-order valence-electron chi connectivity index (χ2n) is 8.68. The summed E-state index contributed by atoms with van der Waals surface area (Å²) in [4.78, 5) is 28.9. The highest BCUT2D eigenvalue weighted by molar-refractivity contribution is 5.98. The van der Waals surface area contributed by atoms with Crippen LogP contribution in [0.25, 0.3) is 0 Å². The molecule has 1 aliphatic carbocycles. The molecule has 150 valence electrons. The molecule has 2 fully saturated rings. The summed E-state index contributed by atoms with van der Waals surface area (Å²) in [6.07, 6.45) is 5.87. The number of fused-ring (bicyclic) bond motifs is 1. The maximum atomic E-state index is 13.0. The molecule has 1 unspecified atom stereocenters. The zero-order valence-electron chi connectivity index (χ0n) is 16.6. The molecule has 0 bridgehead atoms. The lowest BCUT2D eigenvalue weighted by atomic mass is 9.92. The van der Waals surface area contributed by atoms with Crippen LogP contribution in [0.4, 0.5) is 0 Å². The van der Waals surface area contributed by atoms with E-state index in [1.807, 2.05) is 18.2 Å². The van der Waals surface area contributed by atoms with Crippen LogP contribution < -0.4 is 5.73 Å². The van der Waals surface area contributed by atoms with Crippen molar-refractivity contribution in [1.29, 1.82) is 0 Å². The predicted octanol–water partition coefficient (Wildman–Crippen LogP) is 2.96. The highest BCUT2D eigenvalue weighted by Gasteiger charge is 2.38. The number of amides is 2. The number of nitrogens with zero attached hydrogens (tertiary/aromatic N) is 2. The molecule has 1 atom stereocenters. The molecule has 0 aromatic heterocycles. The number of hydrogen-bond donors (Lipinski definition) is 1. The van der Waals surface area contributed by atoms with Gasteiger partial charge in [-0.05, 0) is 60.6 Å². The third-order valence-corrected chi connectivity index (χ3v) is 6.87. The van der Waals surface area contributed by atoms with Crippen LogP contribution in [0.2, 0.25) is 0 Å². The summed E-state index contributed by atoms with van der Waals surface area (Å²) in [6, 6.07) is 14.7. The van der Waals surface area contributed by atoms with Gasteiger partial charge in [-0.3, -0.25) is 14.5 Å². The van der Waals surface area contributed by atoms with Crippen molar-refractivity contribution in [1.82, 2.24) is 9.80 Å². The topological polar surface area (TPSA) is 66.6 Å². The Morgan fingerprint density at radius 2 is 1.76 bits per heavy atom. The number of rotatable bonds is 5. The van der Waals surface area contributed by atoms with Crippen LogP contribution in [0.3, 0.4) is 0 Å². The van der Waals surface area contributed by atoms with Crippen molar-refractivity contribution in [2.24, 2.45) is 5.73 Å². The third-order valence-electron chi connectivity index (χ3n) is 6.87. The number of hydrogen-bond acceptors (Lipinski definition) is 3. The normalized spacial score (nSPS) is 22.0. The fraction of sp³-hybridized carbons (Fsp3) is 0.417. The fourth-order valence-corrected chi connectivity index (χ4v) is 4.93. The van der Waals surface area contributed by atoms with Crippen molar-refractivity contribution in [3.05, 3.63) is 70.3 Å². The van der Waals surface area contributed by atoms with Gasteiger partial charge in [0.15, 0.2) is 0 Å². The minimum absolute atomic E-state index is 0.192. The van der Waals surface area contributed by atoms with Crippen LogP contribution in [0, 0.1) is 0 Å². The number of carbonyl (C=O) groups excluding carboxylic acids is 2. The van der Waals surface area contributed by atoms with Crippen LogP contribution in [0.15, 0.2) is 42.5 Å². The van der Waals surface area contributed by atoms with E-state index in [1.165, 1.54) is 24.8 Å². The third kappa shape index (κ3) is 3.44. The van der Waals surface area contributed by atoms with Crippen LogP contribution in [0.1, 0.15) is 63.1 Å². The zero-order chi connectivity index (χ0) is 20.0. The van der Waals surface area contributed by atoms with E-state index in [9.17, 15) is 9.59 Å². The Kier molecular flexibility index (Phi) is 4.63. The molecule has 2 heterocycles. The zero-order valence-corrected chi connectivity index (χ0v) is 16.6. The van der Waals surface area contributed by atoms with Gasteiger partial charge in [0.1, 0.15) is 0 Å². The average molecular weight is 389 g/mol. The van der Waals surface area contributed by atoms with E-state index in [0.29, 0.717) is 11.6 Å². The molecular weight excluding hydrogens is 362 g/mol. The Hall–Kier alpha value is -2.66. The van der Waals surface area contributed by atoms with E-state index < -0.39 is 5.91 Å². The van der Waals surface area contributed by atoms with Crippen LogP contribution in [-0.4, -0.2) is 46.8 Å². The highest BCUT2D eigenvalue weighted by atomic mass is 16.2. The summed E-state index contributed by atoms with van der Waals surface area (Å²) in [5.41, 5.74) is 10.2. The molecule has 5 nitrogen and oxygen atoms in total. The number of benzene rings is 2. The maximum Gasteiger partial charge on any atom is 0.254 e. The van der Waals surface area contributed by atoms with Gasteiger partial charge in [-0.25, -0.2) is 0 Å². The molecule has 2 N–H and O–H groups in total. The molecule has 3 aliphatic rings. The monoisotopic (exact) mass is 389 g/mol. The molecule has 0 spiro atoms. The first-order valence-corrected chi connectivity index (χ1v) is 10.6. The molecule has 2 aromatic rings. The second-order valence-corrected chi connectivity index (χ2v) is 8.68. The highest BCUT2D eigenvalue weighted by Crippen LogP contribution is 2.33. The lowest BCUT2D eigenvalue weighted by Crippen LogP contribution is -2.42. The van der Waals surface area contributed by atoms with Crippen molar-refractivity contribution in [2.75, 3.05) is 13.1 Å². The summed E-state index contributed by atoms with van der Waals surface area (Å²) in [6.45, 7) is 2.89. The average Bonchev–Trinajstić information content (AvgIpc) is 3.26. The van der Waals surface area contributed by atoms with Gasteiger partial charge in [-0.15, -0.1) is 0 Å². The van der Waals surface area contributed by atoms with Crippen molar-refractivity contribution in [3.63, 3.8) is 0 Å².